The third-order valence-corrected chi connectivity index (χ3v) is 6.91. The van der Waals surface area contributed by atoms with Crippen LogP contribution >= 0.6 is 11.8 Å². The predicted octanol–water partition coefficient (Wildman–Crippen LogP) is 2.36. The molecule has 3 aliphatic rings. The summed E-state index contributed by atoms with van der Waals surface area (Å²) in [4.78, 5) is 41.6. The molecule has 148 valence electrons. The van der Waals surface area contributed by atoms with Crippen molar-refractivity contribution in [2.75, 3.05) is 22.2 Å². The fraction of sp³-hybridized carbons (Fsp3) is 0.318. The van der Waals surface area contributed by atoms with E-state index in [1.807, 2.05) is 36.6 Å². The first-order chi connectivity index (χ1) is 14.1. The largest absolute Gasteiger partial charge is 0.324 e. The van der Waals surface area contributed by atoms with E-state index in [0.29, 0.717) is 17.8 Å². The standard InChI is InChI=1S/C22H21N3O3S/c1-29-12-11-16-17-18(20(27)25(19(17)26)13-7-3-2-4-8-13)22(24-16)14-9-5-6-10-15(14)23-21(22)28/h2-10,16-18,24H,11-12H2,1H3,(H,23,28)/t16-,17-,18-,22-/m1/s1. The van der Waals surface area contributed by atoms with E-state index < -0.39 is 17.4 Å². The number of para-hydroxylation sites is 2. The molecule has 2 fully saturated rings. The van der Waals surface area contributed by atoms with Crippen LogP contribution in [-0.4, -0.2) is 35.8 Å². The summed E-state index contributed by atoms with van der Waals surface area (Å²) in [5, 5.41) is 6.37. The first-order valence-corrected chi connectivity index (χ1v) is 11.1. The third kappa shape index (κ3) is 2.44. The molecule has 0 unspecified atom stereocenters. The molecule has 0 aromatic heterocycles. The summed E-state index contributed by atoms with van der Waals surface area (Å²) in [6, 6.07) is 16.2. The number of hydrogen-bond donors (Lipinski definition) is 2. The van der Waals surface area contributed by atoms with Crippen LogP contribution in [0.15, 0.2) is 54.6 Å². The number of carbonyl (C=O) groups excluding carboxylic acids is 3. The SMILES string of the molecule is CSCC[C@H]1N[C@@]2(C(=O)Nc3ccccc32)[C@H]2C(=O)N(c3ccccc3)C(=O)[C@H]12. The minimum atomic E-state index is -1.21. The van der Waals surface area contributed by atoms with Gasteiger partial charge in [0.15, 0.2) is 0 Å². The Morgan fingerprint density at radius 2 is 1.72 bits per heavy atom. The average molecular weight is 407 g/mol. The van der Waals surface area contributed by atoms with E-state index in [2.05, 4.69) is 10.6 Å². The van der Waals surface area contributed by atoms with E-state index in [1.54, 1.807) is 36.0 Å². The van der Waals surface area contributed by atoms with Crippen molar-refractivity contribution in [2.24, 2.45) is 11.8 Å². The van der Waals surface area contributed by atoms with Crippen molar-refractivity contribution in [2.45, 2.75) is 18.0 Å². The third-order valence-electron chi connectivity index (χ3n) is 6.27. The van der Waals surface area contributed by atoms with Gasteiger partial charge >= 0.3 is 0 Å². The number of amides is 3. The van der Waals surface area contributed by atoms with Crippen molar-refractivity contribution in [3.8, 4) is 0 Å². The number of carbonyl (C=O) groups is 3. The Morgan fingerprint density at radius 1 is 1.00 bits per heavy atom. The van der Waals surface area contributed by atoms with Gasteiger partial charge in [-0.1, -0.05) is 36.4 Å². The maximum absolute atomic E-state index is 13.6. The lowest BCUT2D eigenvalue weighted by Gasteiger charge is -2.29. The van der Waals surface area contributed by atoms with Crippen LogP contribution < -0.4 is 15.5 Å². The molecule has 5 rings (SSSR count). The molecule has 3 aliphatic heterocycles. The van der Waals surface area contributed by atoms with Crippen molar-refractivity contribution < 1.29 is 14.4 Å². The number of benzene rings is 2. The van der Waals surface area contributed by atoms with Crippen LogP contribution in [0.2, 0.25) is 0 Å². The van der Waals surface area contributed by atoms with Crippen LogP contribution in [0.3, 0.4) is 0 Å². The molecule has 3 heterocycles. The normalized spacial score (nSPS) is 30.0. The highest BCUT2D eigenvalue weighted by Crippen LogP contribution is 2.53. The Labute approximate surface area is 173 Å². The molecule has 4 atom stereocenters. The molecule has 29 heavy (non-hydrogen) atoms. The molecular formula is C22H21N3O3S. The molecule has 3 amide bonds. The van der Waals surface area contributed by atoms with Gasteiger partial charge in [0, 0.05) is 17.3 Å². The highest BCUT2D eigenvalue weighted by molar-refractivity contribution is 7.98. The zero-order chi connectivity index (χ0) is 20.2. The molecule has 0 bridgehead atoms. The number of fused-ring (bicyclic) bond motifs is 4. The Hall–Kier alpha value is -2.64. The number of nitrogens with zero attached hydrogens (tertiary/aromatic N) is 1. The van der Waals surface area contributed by atoms with E-state index in [1.165, 1.54) is 4.90 Å². The van der Waals surface area contributed by atoms with Crippen molar-refractivity contribution >= 4 is 40.9 Å². The number of nitrogens with one attached hydrogen (secondary N) is 2. The van der Waals surface area contributed by atoms with Gasteiger partial charge < -0.3 is 5.32 Å². The van der Waals surface area contributed by atoms with Crippen molar-refractivity contribution in [3.05, 3.63) is 60.2 Å². The highest BCUT2D eigenvalue weighted by atomic mass is 32.2. The fourth-order valence-electron chi connectivity index (χ4n) is 5.08. The molecule has 0 saturated carbocycles. The topological polar surface area (TPSA) is 78.5 Å². The molecule has 1 spiro atoms. The first kappa shape index (κ1) is 18.4. The van der Waals surface area contributed by atoms with E-state index in [9.17, 15) is 14.4 Å². The highest BCUT2D eigenvalue weighted by Gasteiger charge is 2.70. The molecule has 2 saturated heterocycles. The van der Waals surface area contributed by atoms with E-state index in [4.69, 9.17) is 0 Å². The summed E-state index contributed by atoms with van der Waals surface area (Å²) in [6.07, 6.45) is 2.72. The number of imide groups is 1. The minimum Gasteiger partial charge on any atom is -0.324 e. The average Bonchev–Trinajstić information content (AvgIpc) is 3.32. The Balaban J connectivity index is 1.65. The van der Waals surface area contributed by atoms with Gasteiger partial charge in [0.1, 0.15) is 5.54 Å². The quantitative estimate of drug-likeness (QED) is 0.761. The number of thioether (sulfide) groups is 1. The second kappa shape index (κ2) is 6.71. The Bertz CT molecular complexity index is 1010. The summed E-state index contributed by atoms with van der Waals surface area (Å²) < 4.78 is 0. The lowest BCUT2D eigenvalue weighted by Crippen LogP contribution is -2.53. The van der Waals surface area contributed by atoms with Gasteiger partial charge in [0.2, 0.25) is 17.7 Å². The minimum absolute atomic E-state index is 0.223. The molecule has 6 nitrogen and oxygen atoms in total. The number of rotatable bonds is 4. The zero-order valence-corrected chi connectivity index (χ0v) is 16.7. The van der Waals surface area contributed by atoms with Crippen LogP contribution in [0.1, 0.15) is 12.0 Å². The van der Waals surface area contributed by atoms with E-state index in [0.717, 1.165) is 11.3 Å². The summed E-state index contributed by atoms with van der Waals surface area (Å²) in [5.74, 6) is -1.27. The van der Waals surface area contributed by atoms with Crippen molar-refractivity contribution in [1.82, 2.24) is 5.32 Å². The zero-order valence-electron chi connectivity index (χ0n) is 15.9. The summed E-state index contributed by atoms with van der Waals surface area (Å²) in [7, 11) is 0. The second-order valence-electron chi connectivity index (χ2n) is 7.69. The molecule has 0 radical (unpaired) electrons. The van der Waals surface area contributed by atoms with Crippen LogP contribution in [-0.2, 0) is 19.9 Å². The van der Waals surface area contributed by atoms with Gasteiger partial charge in [-0.25, -0.2) is 4.90 Å². The Kier molecular flexibility index (Phi) is 4.26. The van der Waals surface area contributed by atoms with E-state index >= 15 is 0 Å². The van der Waals surface area contributed by atoms with Crippen LogP contribution in [0, 0.1) is 11.8 Å². The first-order valence-electron chi connectivity index (χ1n) is 9.70. The lowest BCUT2D eigenvalue weighted by atomic mass is 9.76. The van der Waals surface area contributed by atoms with Gasteiger partial charge in [-0.05, 0) is 36.6 Å². The molecule has 2 aromatic carbocycles. The number of hydrogen-bond acceptors (Lipinski definition) is 5. The van der Waals surface area contributed by atoms with Gasteiger partial charge in [-0.15, -0.1) is 0 Å². The maximum atomic E-state index is 13.6. The van der Waals surface area contributed by atoms with Gasteiger partial charge in [-0.3, -0.25) is 19.7 Å². The summed E-state index contributed by atoms with van der Waals surface area (Å²) >= 11 is 1.69. The smallest absolute Gasteiger partial charge is 0.250 e. The van der Waals surface area contributed by atoms with Crippen LogP contribution in [0.4, 0.5) is 11.4 Å². The lowest BCUT2D eigenvalue weighted by molar-refractivity contribution is -0.130. The van der Waals surface area contributed by atoms with Gasteiger partial charge in [0.25, 0.3) is 0 Å². The molecule has 0 aliphatic carbocycles. The predicted molar refractivity (Wildman–Crippen MR) is 113 cm³/mol. The number of anilines is 2. The molecule has 7 heteroatoms. The van der Waals surface area contributed by atoms with Crippen molar-refractivity contribution in [3.63, 3.8) is 0 Å². The monoisotopic (exact) mass is 407 g/mol. The van der Waals surface area contributed by atoms with E-state index in [-0.39, 0.29) is 23.8 Å². The maximum Gasteiger partial charge on any atom is 0.250 e. The molecule has 2 N–H and O–H groups in total. The molecular weight excluding hydrogens is 386 g/mol. The van der Waals surface area contributed by atoms with Gasteiger partial charge in [0.05, 0.1) is 17.5 Å². The second-order valence-corrected chi connectivity index (χ2v) is 8.68. The van der Waals surface area contributed by atoms with Crippen molar-refractivity contribution in [1.29, 1.82) is 0 Å². The van der Waals surface area contributed by atoms with Crippen LogP contribution in [0.5, 0.6) is 0 Å². The summed E-state index contributed by atoms with van der Waals surface area (Å²) in [6.45, 7) is 0. The van der Waals surface area contributed by atoms with Crippen LogP contribution in [0.25, 0.3) is 0 Å². The molecule has 2 aromatic rings. The fourth-order valence-corrected chi connectivity index (χ4v) is 5.57. The Morgan fingerprint density at radius 3 is 2.48 bits per heavy atom. The van der Waals surface area contributed by atoms with Gasteiger partial charge in [-0.2, -0.15) is 11.8 Å². The summed E-state index contributed by atoms with van der Waals surface area (Å²) in [5.41, 5.74) is 0.804.